The SMILES string of the molecule is CS(=O)(=O)Nc1cccc(NC(=O)[C@@H]2CCCO2)c1. The highest BCUT2D eigenvalue weighted by molar-refractivity contribution is 7.92. The molecule has 1 fully saturated rings. The Balaban J connectivity index is 2.04. The number of hydrogen-bond acceptors (Lipinski definition) is 4. The van der Waals surface area contributed by atoms with Crippen LogP contribution >= 0.6 is 0 Å². The van der Waals surface area contributed by atoms with Gasteiger partial charge in [0.05, 0.1) is 11.9 Å². The van der Waals surface area contributed by atoms with Crippen LogP contribution in [0.15, 0.2) is 24.3 Å². The van der Waals surface area contributed by atoms with E-state index in [0.717, 1.165) is 12.7 Å². The average molecular weight is 284 g/mol. The highest BCUT2D eigenvalue weighted by Gasteiger charge is 2.23. The number of ether oxygens (including phenoxy) is 1. The molecule has 1 aromatic rings. The first-order chi connectivity index (χ1) is 8.94. The number of rotatable bonds is 4. The second kappa shape index (κ2) is 5.58. The molecule has 1 aliphatic heterocycles. The van der Waals surface area contributed by atoms with Crippen LogP contribution in [0, 0.1) is 0 Å². The van der Waals surface area contributed by atoms with Gasteiger partial charge in [0.1, 0.15) is 6.10 Å². The van der Waals surface area contributed by atoms with Crippen LogP contribution in [0.25, 0.3) is 0 Å². The minimum absolute atomic E-state index is 0.200. The summed E-state index contributed by atoms with van der Waals surface area (Å²) < 4.78 is 29.9. The molecule has 6 nitrogen and oxygen atoms in total. The number of amides is 1. The first kappa shape index (κ1) is 13.8. The van der Waals surface area contributed by atoms with Gasteiger partial charge in [-0.1, -0.05) is 6.07 Å². The summed E-state index contributed by atoms with van der Waals surface area (Å²) >= 11 is 0. The van der Waals surface area contributed by atoms with E-state index in [-0.39, 0.29) is 5.91 Å². The topological polar surface area (TPSA) is 84.5 Å². The molecule has 0 aromatic heterocycles. The maximum atomic E-state index is 11.8. The van der Waals surface area contributed by atoms with Crippen LogP contribution in [0.5, 0.6) is 0 Å². The van der Waals surface area contributed by atoms with Crippen molar-refractivity contribution in [1.29, 1.82) is 0 Å². The number of sulfonamides is 1. The average Bonchev–Trinajstić information content (AvgIpc) is 2.80. The van der Waals surface area contributed by atoms with Crippen LogP contribution in [0.1, 0.15) is 12.8 Å². The van der Waals surface area contributed by atoms with Gasteiger partial charge in [0, 0.05) is 12.3 Å². The van der Waals surface area contributed by atoms with E-state index in [1.807, 2.05) is 0 Å². The Bertz CT molecular complexity index is 565. The lowest BCUT2D eigenvalue weighted by Gasteiger charge is -2.11. The smallest absolute Gasteiger partial charge is 0.253 e. The summed E-state index contributed by atoms with van der Waals surface area (Å²) in [6.07, 6.45) is 2.26. The number of nitrogens with one attached hydrogen (secondary N) is 2. The third-order valence-corrected chi connectivity index (χ3v) is 3.26. The van der Waals surface area contributed by atoms with Crippen LogP contribution in [0.4, 0.5) is 11.4 Å². The number of hydrogen-bond donors (Lipinski definition) is 2. The van der Waals surface area contributed by atoms with E-state index >= 15 is 0 Å². The van der Waals surface area contributed by atoms with Crippen molar-refractivity contribution in [2.45, 2.75) is 18.9 Å². The third-order valence-electron chi connectivity index (χ3n) is 2.66. The zero-order valence-corrected chi connectivity index (χ0v) is 11.4. The monoisotopic (exact) mass is 284 g/mol. The molecular formula is C12H16N2O4S. The molecule has 1 saturated heterocycles. The van der Waals surface area contributed by atoms with E-state index in [1.165, 1.54) is 0 Å². The molecule has 0 radical (unpaired) electrons. The van der Waals surface area contributed by atoms with Gasteiger partial charge in [-0.05, 0) is 31.0 Å². The van der Waals surface area contributed by atoms with Gasteiger partial charge in [-0.15, -0.1) is 0 Å². The predicted molar refractivity (Wildman–Crippen MR) is 72.5 cm³/mol. The van der Waals surface area contributed by atoms with Crippen LogP contribution in [0.2, 0.25) is 0 Å². The minimum atomic E-state index is -3.33. The van der Waals surface area contributed by atoms with Gasteiger partial charge in [0.2, 0.25) is 10.0 Å². The van der Waals surface area contributed by atoms with Crippen molar-refractivity contribution in [3.63, 3.8) is 0 Å². The fourth-order valence-electron chi connectivity index (χ4n) is 1.88. The molecule has 7 heteroatoms. The Morgan fingerprint density at radius 3 is 2.74 bits per heavy atom. The molecule has 1 aliphatic rings. The van der Waals surface area contributed by atoms with Gasteiger partial charge < -0.3 is 10.1 Å². The van der Waals surface area contributed by atoms with Gasteiger partial charge in [-0.25, -0.2) is 8.42 Å². The molecule has 0 unspecified atom stereocenters. The molecule has 1 aromatic carbocycles. The summed E-state index contributed by atoms with van der Waals surface area (Å²) in [6.45, 7) is 0.605. The quantitative estimate of drug-likeness (QED) is 0.869. The largest absolute Gasteiger partial charge is 0.368 e. The molecule has 2 N–H and O–H groups in total. The van der Waals surface area contributed by atoms with Crippen molar-refractivity contribution in [2.75, 3.05) is 22.9 Å². The number of anilines is 2. The van der Waals surface area contributed by atoms with Crippen molar-refractivity contribution < 1.29 is 17.9 Å². The molecule has 0 saturated carbocycles. The van der Waals surface area contributed by atoms with Crippen LogP contribution in [0.3, 0.4) is 0 Å². The zero-order valence-electron chi connectivity index (χ0n) is 10.5. The maximum Gasteiger partial charge on any atom is 0.253 e. The standard InChI is InChI=1S/C12H16N2O4S/c1-19(16,17)14-10-5-2-4-9(8-10)13-12(15)11-6-3-7-18-11/h2,4-5,8,11,14H,3,6-7H2,1H3,(H,13,15)/t11-/m0/s1. The molecular weight excluding hydrogens is 268 g/mol. The van der Waals surface area contributed by atoms with E-state index in [1.54, 1.807) is 24.3 Å². The van der Waals surface area contributed by atoms with Crippen molar-refractivity contribution in [3.05, 3.63) is 24.3 Å². The maximum absolute atomic E-state index is 11.8. The fourth-order valence-corrected chi connectivity index (χ4v) is 2.44. The summed E-state index contributed by atoms with van der Waals surface area (Å²) in [4.78, 5) is 11.8. The lowest BCUT2D eigenvalue weighted by molar-refractivity contribution is -0.124. The van der Waals surface area contributed by atoms with Crippen molar-refractivity contribution in [3.8, 4) is 0 Å². The molecule has 2 rings (SSSR count). The van der Waals surface area contributed by atoms with Gasteiger partial charge in [-0.3, -0.25) is 9.52 Å². The Morgan fingerprint density at radius 1 is 1.37 bits per heavy atom. The molecule has 1 atom stereocenters. The highest BCUT2D eigenvalue weighted by atomic mass is 32.2. The van der Waals surface area contributed by atoms with Crippen LogP contribution in [-0.2, 0) is 19.6 Å². The number of benzene rings is 1. The summed E-state index contributed by atoms with van der Waals surface area (Å²) in [5, 5.41) is 2.71. The van der Waals surface area contributed by atoms with Gasteiger partial charge in [-0.2, -0.15) is 0 Å². The number of carbonyl (C=O) groups is 1. The van der Waals surface area contributed by atoms with Crippen molar-refractivity contribution in [1.82, 2.24) is 0 Å². The van der Waals surface area contributed by atoms with Crippen LogP contribution in [-0.4, -0.2) is 33.3 Å². The Hall–Kier alpha value is -1.60. The summed E-state index contributed by atoms with van der Waals surface area (Å²) in [6, 6.07) is 6.54. The molecule has 104 valence electrons. The molecule has 0 spiro atoms. The van der Waals surface area contributed by atoms with Gasteiger partial charge in [0.15, 0.2) is 0 Å². The van der Waals surface area contributed by atoms with E-state index < -0.39 is 16.1 Å². The van der Waals surface area contributed by atoms with E-state index in [9.17, 15) is 13.2 Å². The zero-order chi connectivity index (χ0) is 13.9. The third kappa shape index (κ3) is 4.22. The van der Waals surface area contributed by atoms with E-state index in [2.05, 4.69) is 10.0 Å². The lowest BCUT2D eigenvalue weighted by Crippen LogP contribution is -2.26. The van der Waals surface area contributed by atoms with Gasteiger partial charge in [0.25, 0.3) is 5.91 Å². The normalized spacial score (nSPS) is 19.1. The van der Waals surface area contributed by atoms with E-state index in [0.29, 0.717) is 24.4 Å². The molecule has 0 bridgehead atoms. The first-order valence-corrected chi connectivity index (χ1v) is 7.83. The van der Waals surface area contributed by atoms with Crippen LogP contribution < -0.4 is 10.0 Å². The first-order valence-electron chi connectivity index (χ1n) is 5.94. The van der Waals surface area contributed by atoms with E-state index in [4.69, 9.17) is 4.74 Å². The molecule has 1 heterocycles. The second-order valence-electron chi connectivity index (χ2n) is 4.45. The molecule has 0 aliphatic carbocycles. The van der Waals surface area contributed by atoms with Gasteiger partial charge >= 0.3 is 0 Å². The molecule has 19 heavy (non-hydrogen) atoms. The Morgan fingerprint density at radius 2 is 2.11 bits per heavy atom. The Kier molecular flexibility index (Phi) is 4.06. The second-order valence-corrected chi connectivity index (χ2v) is 6.19. The lowest BCUT2D eigenvalue weighted by atomic mass is 10.2. The fraction of sp³-hybridized carbons (Fsp3) is 0.417. The Labute approximate surface area is 112 Å². The highest BCUT2D eigenvalue weighted by Crippen LogP contribution is 2.18. The van der Waals surface area contributed by atoms with Crippen molar-refractivity contribution in [2.24, 2.45) is 0 Å². The molecule has 1 amide bonds. The number of carbonyl (C=O) groups excluding carboxylic acids is 1. The minimum Gasteiger partial charge on any atom is -0.368 e. The predicted octanol–water partition coefficient (Wildman–Crippen LogP) is 1.18. The summed E-state index contributed by atoms with van der Waals surface area (Å²) in [7, 11) is -3.33. The summed E-state index contributed by atoms with van der Waals surface area (Å²) in [5.74, 6) is -0.200. The summed E-state index contributed by atoms with van der Waals surface area (Å²) in [5.41, 5.74) is 0.946. The van der Waals surface area contributed by atoms with Crippen molar-refractivity contribution >= 4 is 27.3 Å².